The van der Waals surface area contributed by atoms with Crippen molar-refractivity contribution in [3.05, 3.63) is 35.9 Å². The van der Waals surface area contributed by atoms with Crippen LogP contribution in [0.2, 0.25) is 0 Å². The number of ether oxygens (including phenoxy) is 2. The van der Waals surface area contributed by atoms with Gasteiger partial charge in [0, 0.05) is 45.1 Å². The minimum Gasteiger partial charge on any atom is -0.347 e. The number of likely N-dealkylation sites (tertiary alicyclic amines) is 1. The first-order valence-electron chi connectivity index (χ1n) is 10.0. The summed E-state index contributed by atoms with van der Waals surface area (Å²) >= 11 is 0. The van der Waals surface area contributed by atoms with E-state index in [-0.39, 0.29) is 11.9 Å². The molecule has 1 N–H and O–H groups in total. The molecular weight excluding hydrogens is 312 g/mol. The third-order valence-corrected chi connectivity index (χ3v) is 6.07. The predicted molar refractivity (Wildman–Crippen MR) is 99.3 cm³/mol. The number of nitrogens with one attached hydrogen (secondary N) is 1. The van der Waals surface area contributed by atoms with Crippen LogP contribution >= 0.6 is 0 Å². The highest BCUT2D eigenvalue weighted by Crippen LogP contribution is 2.37. The lowest BCUT2D eigenvalue weighted by Gasteiger charge is -2.32. The van der Waals surface area contributed by atoms with Gasteiger partial charge in [0.05, 0.1) is 12.7 Å². The Morgan fingerprint density at radius 1 is 1.12 bits per heavy atom. The lowest BCUT2D eigenvalue weighted by molar-refractivity contribution is -0.186. The van der Waals surface area contributed by atoms with Crippen molar-refractivity contribution in [3.63, 3.8) is 0 Å². The summed E-state index contributed by atoms with van der Waals surface area (Å²) in [6.45, 7) is 7.36. The van der Waals surface area contributed by atoms with Crippen LogP contribution in [-0.4, -0.2) is 49.1 Å². The summed E-state index contributed by atoms with van der Waals surface area (Å²) in [5, 5.41) is 3.76. The van der Waals surface area contributed by atoms with Crippen molar-refractivity contribution in [2.45, 2.75) is 63.5 Å². The molecule has 3 unspecified atom stereocenters. The van der Waals surface area contributed by atoms with Gasteiger partial charge in [0.2, 0.25) is 0 Å². The van der Waals surface area contributed by atoms with Gasteiger partial charge in [-0.25, -0.2) is 0 Å². The molecule has 1 saturated carbocycles. The van der Waals surface area contributed by atoms with Crippen molar-refractivity contribution in [3.8, 4) is 0 Å². The van der Waals surface area contributed by atoms with Crippen LogP contribution in [0.25, 0.3) is 0 Å². The molecule has 0 bridgehead atoms. The van der Waals surface area contributed by atoms with Crippen molar-refractivity contribution in [2.24, 2.45) is 5.92 Å². The fourth-order valence-electron chi connectivity index (χ4n) is 4.66. The van der Waals surface area contributed by atoms with E-state index in [4.69, 9.17) is 9.47 Å². The van der Waals surface area contributed by atoms with Crippen LogP contribution < -0.4 is 5.32 Å². The first kappa shape index (κ1) is 17.5. The summed E-state index contributed by atoms with van der Waals surface area (Å²) in [6.07, 6.45) is 6.19. The van der Waals surface area contributed by atoms with E-state index in [1.165, 1.54) is 31.4 Å². The first-order chi connectivity index (χ1) is 12.2. The van der Waals surface area contributed by atoms with E-state index in [9.17, 15) is 0 Å². The molecule has 4 rings (SSSR count). The molecule has 2 heterocycles. The molecule has 2 aliphatic heterocycles. The molecule has 3 atom stereocenters. The van der Waals surface area contributed by atoms with Crippen molar-refractivity contribution in [1.29, 1.82) is 0 Å². The van der Waals surface area contributed by atoms with Crippen molar-refractivity contribution in [2.75, 3.05) is 26.2 Å². The minimum atomic E-state index is -0.245. The molecule has 4 nitrogen and oxygen atoms in total. The number of nitrogens with zero attached hydrogens (tertiary/aromatic N) is 1. The van der Waals surface area contributed by atoms with Gasteiger partial charge in [0.15, 0.2) is 5.79 Å². The summed E-state index contributed by atoms with van der Waals surface area (Å²) in [7, 11) is 0. The molecule has 25 heavy (non-hydrogen) atoms. The molecule has 1 aromatic carbocycles. The van der Waals surface area contributed by atoms with E-state index in [0.29, 0.717) is 12.0 Å². The molecule has 138 valence electrons. The summed E-state index contributed by atoms with van der Waals surface area (Å²) in [4.78, 5) is 2.56. The molecule has 2 saturated heterocycles. The molecule has 1 aromatic rings. The van der Waals surface area contributed by atoms with E-state index >= 15 is 0 Å². The second-order valence-corrected chi connectivity index (χ2v) is 8.19. The molecule has 1 aliphatic carbocycles. The smallest absolute Gasteiger partial charge is 0.168 e. The van der Waals surface area contributed by atoms with Crippen LogP contribution in [0.5, 0.6) is 0 Å². The van der Waals surface area contributed by atoms with E-state index < -0.39 is 0 Å². The molecule has 4 heteroatoms. The van der Waals surface area contributed by atoms with Gasteiger partial charge < -0.3 is 14.8 Å². The van der Waals surface area contributed by atoms with Crippen LogP contribution in [0.15, 0.2) is 30.3 Å². The summed E-state index contributed by atoms with van der Waals surface area (Å²) in [5.41, 5.74) is 1.40. The zero-order valence-corrected chi connectivity index (χ0v) is 15.5. The van der Waals surface area contributed by atoms with E-state index in [1.807, 2.05) is 0 Å². The highest BCUT2D eigenvalue weighted by molar-refractivity contribution is 5.14. The van der Waals surface area contributed by atoms with Gasteiger partial charge >= 0.3 is 0 Å². The van der Waals surface area contributed by atoms with Crippen LogP contribution in [0.3, 0.4) is 0 Å². The lowest BCUT2D eigenvalue weighted by Crippen LogP contribution is -2.41. The molecular formula is C21H32N2O2. The highest BCUT2D eigenvalue weighted by Gasteiger charge is 2.42. The number of hydrogen-bond acceptors (Lipinski definition) is 4. The topological polar surface area (TPSA) is 33.7 Å². The van der Waals surface area contributed by atoms with Crippen molar-refractivity contribution < 1.29 is 9.47 Å². The van der Waals surface area contributed by atoms with Gasteiger partial charge in [-0.05, 0) is 24.3 Å². The van der Waals surface area contributed by atoms with Crippen molar-refractivity contribution >= 4 is 0 Å². The standard InChI is InChI=1S/C21H32N2O2/c1-17-13-23(14-18-8-4-2-5-9-18)15-20(17)22-12-19-16-24-21(25-19)10-6-3-7-11-21/h2,4-5,8-9,17,19-20,22H,3,6-7,10-16H2,1H3. The average Bonchev–Trinajstić information content (AvgIpc) is 3.18. The van der Waals surface area contributed by atoms with E-state index in [1.54, 1.807) is 0 Å². The normalized spacial score (nSPS) is 32.4. The molecule has 0 amide bonds. The Kier molecular flexibility index (Phi) is 5.41. The Balaban J connectivity index is 1.23. The van der Waals surface area contributed by atoms with Crippen LogP contribution in [0.1, 0.15) is 44.6 Å². The summed E-state index contributed by atoms with van der Waals surface area (Å²) in [6, 6.07) is 11.3. The molecule has 3 fully saturated rings. The lowest BCUT2D eigenvalue weighted by atomic mass is 9.94. The van der Waals surface area contributed by atoms with Crippen LogP contribution in [0.4, 0.5) is 0 Å². The third-order valence-electron chi connectivity index (χ3n) is 6.07. The first-order valence-corrected chi connectivity index (χ1v) is 10.0. The molecule has 0 aromatic heterocycles. The second-order valence-electron chi connectivity index (χ2n) is 8.19. The zero-order valence-electron chi connectivity index (χ0n) is 15.5. The highest BCUT2D eigenvalue weighted by atomic mass is 16.7. The predicted octanol–water partition coefficient (Wildman–Crippen LogP) is 3.17. The fourth-order valence-corrected chi connectivity index (χ4v) is 4.66. The largest absolute Gasteiger partial charge is 0.347 e. The Morgan fingerprint density at radius 2 is 1.92 bits per heavy atom. The van der Waals surface area contributed by atoms with Crippen LogP contribution in [0, 0.1) is 5.92 Å². The van der Waals surface area contributed by atoms with Gasteiger partial charge in [0.25, 0.3) is 0 Å². The number of benzene rings is 1. The Morgan fingerprint density at radius 3 is 2.72 bits per heavy atom. The van der Waals surface area contributed by atoms with E-state index in [0.717, 1.165) is 39.1 Å². The van der Waals surface area contributed by atoms with Gasteiger partial charge in [-0.15, -0.1) is 0 Å². The van der Waals surface area contributed by atoms with Gasteiger partial charge in [-0.2, -0.15) is 0 Å². The molecule has 0 radical (unpaired) electrons. The number of rotatable bonds is 5. The van der Waals surface area contributed by atoms with Crippen molar-refractivity contribution in [1.82, 2.24) is 10.2 Å². The van der Waals surface area contributed by atoms with Gasteiger partial charge in [-0.3, -0.25) is 4.90 Å². The maximum absolute atomic E-state index is 6.31. The summed E-state index contributed by atoms with van der Waals surface area (Å²) in [5.74, 6) is 0.431. The fraction of sp³-hybridized carbons (Fsp3) is 0.714. The number of hydrogen-bond donors (Lipinski definition) is 1. The van der Waals surface area contributed by atoms with Crippen LogP contribution in [-0.2, 0) is 16.0 Å². The maximum Gasteiger partial charge on any atom is 0.168 e. The zero-order chi connectivity index (χ0) is 17.1. The molecule has 1 spiro atoms. The monoisotopic (exact) mass is 344 g/mol. The third kappa shape index (κ3) is 4.25. The quantitative estimate of drug-likeness (QED) is 0.890. The maximum atomic E-state index is 6.31. The minimum absolute atomic E-state index is 0.216. The van der Waals surface area contributed by atoms with E-state index in [2.05, 4.69) is 47.5 Å². The Bertz CT molecular complexity index is 544. The van der Waals surface area contributed by atoms with Gasteiger partial charge in [0.1, 0.15) is 0 Å². The Hall–Kier alpha value is -0.940. The van der Waals surface area contributed by atoms with Gasteiger partial charge in [-0.1, -0.05) is 43.7 Å². The molecule has 3 aliphatic rings. The SMILES string of the molecule is CC1CN(Cc2ccccc2)CC1NCC1COC2(CCCCC2)O1. The Labute approximate surface area is 151 Å². The second kappa shape index (κ2) is 7.75. The summed E-state index contributed by atoms with van der Waals surface area (Å²) < 4.78 is 12.4. The average molecular weight is 344 g/mol.